The van der Waals surface area contributed by atoms with Gasteiger partial charge in [0.2, 0.25) is 5.76 Å². The maximum atomic E-state index is 12.2. The summed E-state index contributed by atoms with van der Waals surface area (Å²) >= 11 is 0. The molecule has 5 heteroatoms. The van der Waals surface area contributed by atoms with Crippen LogP contribution in [0.25, 0.3) is 11.0 Å². The molecule has 0 unspecified atom stereocenters. The number of hydrogen-bond donors (Lipinski definition) is 1. The van der Waals surface area contributed by atoms with E-state index in [4.69, 9.17) is 15.0 Å². The summed E-state index contributed by atoms with van der Waals surface area (Å²) in [6.07, 6.45) is 0. The number of carbonyl (C=O) groups excluding carboxylic acids is 1. The molecule has 0 aliphatic heterocycles. The highest BCUT2D eigenvalue weighted by atomic mass is 16.5. The molecule has 0 fully saturated rings. The van der Waals surface area contributed by atoms with Gasteiger partial charge in [0.15, 0.2) is 0 Å². The van der Waals surface area contributed by atoms with Crippen LogP contribution in [0.4, 0.5) is 5.69 Å². The lowest BCUT2D eigenvalue weighted by Crippen LogP contribution is -2.30. The minimum Gasteiger partial charge on any atom is -0.460 e. The first-order valence-electron chi connectivity index (χ1n) is 7.45. The summed E-state index contributed by atoms with van der Waals surface area (Å²) in [6.45, 7) is 2.40. The standard InChI is InChI=1S/C18H18N2O3/c1-2-22-18(21)17-15(14-10-6-7-11-16(14)23-17)12-20(19)13-8-4-3-5-9-13/h3-11H,2,12,19H2,1H3. The van der Waals surface area contributed by atoms with Crippen molar-refractivity contribution in [1.82, 2.24) is 0 Å². The van der Waals surface area contributed by atoms with Crippen LogP contribution >= 0.6 is 0 Å². The summed E-state index contributed by atoms with van der Waals surface area (Å²) in [5.74, 6) is 5.90. The average Bonchev–Trinajstić information content (AvgIpc) is 2.95. The van der Waals surface area contributed by atoms with Crippen LogP contribution in [0.5, 0.6) is 0 Å². The fourth-order valence-electron chi connectivity index (χ4n) is 2.50. The molecule has 23 heavy (non-hydrogen) atoms. The van der Waals surface area contributed by atoms with Gasteiger partial charge in [-0.2, -0.15) is 0 Å². The molecule has 0 bridgehead atoms. The van der Waals surface area contributed by atoms with Gasteiger partial charge in [-0.15, -0.1) is 0 Å². The molecule has 1 aromatic heterocycles. The maximum Gasteiger partial charge on any atom is 0.374 e. The van der Waals surface area contributed by atoms with E-state index in [1.54, 1.807) is 11.9 Å². The van der Waals surface area contributed by atoms with E-state index >= 15 is 0 Å². The Morgan fingerprint density at radius 3 is 2.57 bits per heavy atom. The number of nitrogens with two attached hydrogens (primary N) is 1. The molecule has 0 saturated carbocycles. The van der Waals surface area contributed by atoms with Gasteiger partial charge in [-0.05, 0) is 25.1 Å². The zero-order chi connectivity index (χ0) is 16.2. The monoisotopic (exact) mass is 310 g/mol. The minimum absolute atomic E-state index is 0.208. The highest BCUT2D eigenvalue weighted by Gasteiger charge is 2.22. The lowest BCUT2D eigenvalue weighted by Gasteiger charge is -2.18. The van der Waals surface area contributed by atoms with Crippen LogP contribution in [-0.4, -0.2) is 12.6 Å². The van der Waals surface area contributed by atoms with E-state index in [0.717, 1.165) is 16.6 Å². The zero-order valence-corrected chi connectivity index (χ0v) is 12.9. The summed E-state index contributed by atoms with van der Waals surface area (Å²) in [6, 6.07) is 17.1. The number of hydrazine groups is 1. The zero-order valence-electron chi connectivity index (χ0n) is 12.9. The number of anilines is 1. The molecule has 0 aliphatic carbocycles. The van der Waals surface area contributed by atoms with Crippen molar-refractivity contribution in [2.75, 3.05) is 11.6 Å². The third-order valence-corrected chi connectivity index (χ3v) is 3.58. The number of hydrogen-bond acceptors (Lipinski definition) is 5. The van der Waals surface area contributed by atoms with Crippen molar-refractivity contribution in [3.63, 3.8) is 0 Å². The Morgan fingerprint density at radius 2 is 1.83 bits per heavy atom. The second-order valence-corrected chi connectivity index (χ2v) is 5.09. The Balaban J connectivity index is 2.01. The predicted octanol–water partition coefficient (Wildman–Crippen LogP) is 3.49. The SMILES string of the molecule is CCOC(=O)c1oc2ccccc2c1CN(N)c1ccccc1. The van der Waals surface area contributed by atoms with Crippen LogP contribution in [0.1, 0.15) is 23.0 Å². The molecule has 2 N–H and O–H groups in total. The van der Waals surface area contributed by atoms with Crippen molar-refractivity contribution in [3.05, 3.63) is 65.9 Å². The summed E-state index contributed by atoms with van der Waals surface area (Å²) in [4.78, 5) is 12.2. The van der Waals surface area contributed by atoms with Gasteiger partial charge >= 0.3 is 5.97 Å². The molecule has 5 nitrogen and oxygen atoms in total. The third-order valence-electron chi connectivity index (χ3n) is 3.58. The third kappa shape index (κ3) is 3.05. The Hall–Kier alpha value is -2.79. The fraction of sp³-hybridized carbons (Fsp3) is 0.167. The van der Waals surface area contributed by atoms with Crippen LogP contribution in [0, 0.1) is 0 Å². The topological polar surface area (TPSA) is 68.7 Å². The normalized spacial score (nSPS) is 10.7. The first kappa shape index (κ1) is 15.1. The van der Waals surface area contributed by atoms with Gasteiger partial charge in [0.1, 0.15) is 5.58 Å². The predicted molar refractivity (Wildman–Crippen MR) is 89.0 cm³/mol. The molecule has 0 amide bonds. The van der Waals surface area contributed by atoms with Gasteiger partial charge < -0.3 is 14.2 Å². The van der Waals surface area contributed by atoms with Crippen LogP contribution in [0.2, 0.25) is 0 Å². The summed E-state index contributed by atoms with van der Waals surface area (Å²) in [5, 5.41) is 2.45. The van der Waals surface area contributed by atoms with Crippen molar-refractivity contribution in [3.8, 4) is 0 Å². The molecule has 0 aliphatic rings. The Labute approximate surface area is 134 Å². The number of furan rings is 1. The molecular weight excluding hydrogens is 292 g/mol. The van der Waals surface area contributed by atoms with Gasteiger partial charge in [0.25, 0.3) is 0 Å². The molecule has 0 radical (unpaired) electrons. The van der Waals surface area contributed by atoms with Crippen LogP contribution in [0.3, 0.4) is 0 Å². The number of esters is 1. The Morgan fingerprint density at radius 1 is 1.13 bits per heavy atom. The number of para-hydroxylation sites is 2. The first-order valence-corrected chi connectivity index (χ1v) is 7.45. The lowest BCUT2D eigenvalue weighted by atomic mass is 10.1. The van der Waals surface area contributed by atoms with Crippen molar-refractivity contribution >= 4 is 22.6 Å². The highest BCUT2D eigenvalue weighted by molar-refractivity contribution is 5.96. The molecule has 118 valence electrons. The minimum atomic E-state index is -0.472. The molecular formula is C18H18N2O3. The molecule has 3 aromatic rings. The largest absolute Gasteiger partial charge is 0.460 e. The van der Waals surface area contributed by atoms with E-state index in [1.165, 1.54) is 0 Å². The summed E-state index contributed by atoms with van der Waals surface area (Å²) in [5.41, 5.74) is 2.23. The Bertz CT molecular complexity index is 812. The van der Waals surface area contributed by atoms with Gasteiger partial charge in [0, 0.05) is 10.9 Å². The summed E-state index contributed by atoms with van der Waals surface area (Å²) < 4.78 is 10.8. The molecule has 1 heterocycles. The number of ether oxygens (including phenoxy) is 1. The van der Waals surface area contributed by atoms with E-state index in [9.17, 15) is 4.79 Å². The van der Waals surface area contributed by atoms with Crippen LogP contribution in [-0.2, 0) is 11.3 Å². The molecule has 0 spiro atoms. The van der Waals surface area contributed by atoms with Crippen LogP contribution in [0.15, 0.2) is 59.0 Å². The van der Waals surface area contributed by atoms with Crippen molar-refractivity contribution < 1.29 is 13.9 Å². The molecule has 2 aromatic carbocycles. The summed E-state index contributed by atoms with van der Waals surface area (Å²) in [7, 11) is 0. The smallest absolute Gasteiger partial charge is 0.374 e. The second-order valence-electron chi connectivity index (χ2n) is 5.09. The van der Waals surface area contributed by atoms with E-state index < -0.39 is 5.97 Å². The Kier molecular flexibility index (Phi) is 4.30. The van der Waals surface area contributed by atoms with E-state index in [1.807, 2.05) is 54.6 Å². The average molecular weight is 310 g/mol. The fourth-order valence-corrected chi connectivity index (χ4v) is 2.50. The van der Waals surface area contributed by atoms with E-state index in [2.05, 4.69) is 0 Å². The number of fused-ring (bicyclic) bond motifs is 1. The van der Waals surface area contributed by atoms with Crippen molar-refractivity contribution in [2.45, 2.75) is 13.5 Å². The van der Waals surface area contributed by atoms with Gasteiger partial charge in [0.05, 0.1) is 18.8 Å². The molecule has 0 saturated heterocycles. The first-order chi connectivity index (χ1) is 11.2. The molecule has 0 atom stereocenters. The maximum absolute atomic E-state index is 12.2. The van der Waals surface area contributed by atoms with Gasteiger partial charge in [-0.3, -0.25) is 0 Å². The highest BCUT2D eigenvalue weighted by Crippen LogP contribution is 2.28. The van der Waals surface area contributed by atoms with Crippen molar-refractivity contribution in [1.29, 1.82) is 0 Å². The second kappa shape index (κ2) is 6.54. The quantitative estimate of drug-likeness (QED) is 0.444. The number of benzene rings is 2. The number of rotatable bonds is 5. The van der Waals surface area contributed by atoms with E-state index in [0.29, 0.717) is 18.7 Å². The van der Waals surface area contributed by atoms with Crippen molar-refractivity contribution in [2.24, 2.45) is 5.84 Å². The van der Waals surface area contributed by atoms with Crippen LogP contribution < -0.4 is 10.9 Å². The number of nitrogens with zero attached hydrogens (tertiary/aromatic N) is 1. The van der Waals surface area contributed by atoms with E-state index in [-0.39, 0.29) is 5.76 Å². The molecule has 3 rings (SSSR count). The van der Waals surface area contributed by atoms with Gasteiger partial charge in [-0.25, -0.2) is 10.6 Å². The van der Waals surface area contributed by atoms with Gasteiger partial charge in [-0.1, -0.05) is 36.4 Å². The number of carbonyl (C=O) groups is 1. The lowest BCUT2D eigenvalue weighted by molar-refractivity contribution is 0.0491.